The third-order valence-corrected chi connectivity index (χ3v) is 13.2. The molecule has 6 rings (SSSR count). The van der Waals surface area contributed by atoms with E-state index >= 15 is 0 Å². The average molecular weight is 658 g/mol. The second-order valence-electron chi connectivity index (χ2n) is 16.1. The molecule has 48 heavy (non-hydrogen) atoms. The minimum absolute atomic E-state index is 0.00298. The molecule has 3 amide bonds. The van der Waals surface area contributed by atoms with Gasteiger partial charge in [0.1, 0.15) is 5.75 Å². The number of aromatic hydroxyl groups is 1. The van der Waals surface area contributed by atoms with Gasteiger partial charge in [0.15, 0.2) is 0 Å². The van der Waals surface area contributed by atoms with Crippen LogP contribution in [0.1, 0.15) is 114 Å². The third-order valence-electron chi connectivity index (χ3n) is 13.2. The Hall–Kier alpha value is -3.72. The Bertz CT molecular complexity index is 1660. The van der Waals surface area contributed by atoms with E-state index < -0.39 is 28.7 Å². The molecule has 0 saturated heterocycles. The molecule has 2 aromatic carbocycles. The topological polar surface area (TPSA) is 159 Å². The largest absolute Gasteiger partial charge is 0.508 e. The SMILES string of the molecule is C[C@]1(C(=O)NC(=O)[C@@]2(C)CCC[C@]3(C)c4cc(NC(=O)C(N)CCC(=O)O)ccc4CC[C@@H]23)CCC[C@]2(C)c3cc(O)ccc3CC[C@@H]12. The average Bonchev–Trinajstić information content (AvgIpc) is 3.03. The number of carbonyl (C=O) groups is 4. The van der Waals surface area contributed by atoms with Crippen molar-refractivity contribution in [3.05, 3.63) is 58.7 Å². The number of carboxylic acids is 1. The lowest BCUT2D eigenvalue weighted by atomic mass is 9.49. The Morgan fingerprint density at radius 1 is 0.812 bits per heavy atom. The minimum atomic E-state index is -0.996. The number of aryl methyl sites for hydroxylation is 2. The fraction of sp³-hybridized carbons (Fsp3) is 0.590. The summed E-state index contributed by atoms with van der Waals surface area (Å²) >= 11 is 0. The summed E-state index contributed by atoms with van der Waals surface area (Å²) in [6.45, 7) is 8.52. The highest BCUT2D eigenvalue weighted by Crippen LogP contribution is 2.59. The van der Waals surface area contributed by atoms with Gasteiger partial charge in [0.25, 0.3) is 0 Å². The van der Waals surface area contributed by atoms with Gasteiger partial charge in [-0.2, -0.15) is 0 Å². The first-order chi connectivity index (χ1) is 22.6. The number of hydrogen-bond donors (Lipinski definition) is 5. The fourth-order valence-electron chi connectivity index (χ4n) is 10.6. The van der Waals surface area contributed by atoms with Gasteiger partial charge in [-0.25, -0.2) is 0 Å². The van der Waals surface area contributed by atoms with Crippen LogP contribution >= 0.6 is 0 Å². The third kappa shape index (κ3) is 5.61. The van der Waals surface area contributed by atoms with Gasteiger partial charge < -0.3 is 21.3 Å². The van der Waals surface area contributed by atoms with Crippen LogP contribution in [0.3, 0.4) is 0 Å². The van der Waals surface area contributed by atoms with Gasteiger partial charge in [0.2, 0.25) is 17.7 Å². The van der Waals surface area contributed by atoms with Crippen LogP contribution in [-0.4, -0.2) is 39.9 Å². The van der Waals surface area contributed by atoms with E-state index in [1.807, 2.05) is 44.2 Å². The zero-order chi connectivity index (χ0) is 34.6. The second-order valence-corrected chi connectivity index (χ2v) is 16.1. The summed E-state index contributed by atoms with van der Waals surface area (Å²) in [5.74, 6) is -1.49. The van der Waals surface area contributed by atoms with Crippen molar-refractivity contribution < 1.29 is 29.4 Å². The molecule has 1 unspecified atom stereocenters. The number of amides is 3. The Kier molecular flexibility index (Phi) is 8.76. The number of benzene rings is 2. The van der Waals surface area contributed by atoms with E-state index in [-0.39, 0.29) is 53.1 Å². The molecule has 2 aromatic rings. The van der Waals surface area contributed by atoms with Crippen molar-refractivity contribution in [2.45, 2.75) is 122 Å². The number of aliphatic carboxylic acids is 1. The zero-order valence-corrected chi connectivity index (χ0v) is 28.8. The Morgan fingerprint density at radius 3 is 1.88 bits per heavy atom. The number of phenolic OH excluding ortho intramolecular Hbond substituents is 1. The van der Waals surface area contributed by atoms with E-state index in [0.29, 0.717) is 12.1 Å². The monoisotopic (exact) mass is 657 g/mol. The van der Waals surface area contributed by atoms with Crippen molar-refractivity contribution >= 4 is 29.4 Å². The summed E-state index contributed by atoms with van der Waals surface area (Å²) in [6.07, 6.45) is 8.16. The van der Waals surface area contributed by atoms with E-state index in [9.17, 15) is 24.3 Å². The van der Waals surface area contributed by atoms with Gasteiger partial charge in [0.05, 0.1) is 16.9 Å². The lowest BCUT2D eigenvalue weighted by Gasteiger charge is -2.56. The van der Waals surface area contributed by atoms with Crippen molar-refractivity contribution in [3.63, 3.8) is 0 Å². The van der Waals surface area contributed by atoms with Crippen molar-refractivity contribution in [1.82, 2.24) is 5.32 Å². The van der Waals surface area contributed by atoms with Crippen molar-refractivity contribution in [3.8, 4) is 5.75 Å². The van der Waals surface area contributed by atoms with E-state index in [4.69, 9.17) is 10.8 Å². The molecule has 2 fully saturated rings. The molecule has 0 aromatic heterocycles. The molecule has 2 saturated carbocycles. The number of imide groups is 1. The molecular weight excluding hydrogens is 606 g/mol. The molecule has 4 aliphatic rings. The van der Waals surface area contributed by atoms with Gasteiger partial charge in [-0.3, -0.25) is 24.5 Å². The summed E-state index contributed by atoms with van der Waals surface area (Å²) in [7, 11) is 0. The smallest absolute Gasteiger partial charge is 0.303 e. The van der Waals surface area contributed by atoms with Gasteiger partial charge in [-0.05, 0) is 127 Å². The maximum atomic E-state index is 14.4. The molecule has 9 nitrogen and oxygen atoms in total. The van der Waals surface area contributed by atoms with Gasteiger partial charge in [0, 0.05) is 12.1 Å². The minimum Gasteiger partial charge on any atom is -0.508 e. The number of fused-ring (bicyclic) bond motifs is 6. The van der Waals surface area contributed by atoms with Crippen LogP contribution in [0.4, 0.5) is 5.69 Å². The number of hydrogen-bond acceptors (Lipinski definition) is 6. The highest BCUT2D eigenvalue weighted by atomic mass is 16.4. The van der Waals surface area contributed by atoms with Crippen LogP contribution in [0.15, 0.2) is 36.4 Å². The summed E-state index contributed by atoms with van der Waals surface area (Å²) < 4.78 is 0. The molecule has 0 radical (unpaired) electrons. The first kappa shape index (κ1) is 34.2. The molecule has 7 atom stereocenters. The molecule has 6 N–H and O–H groups in total. The van der Waals surface area contributed by atoms with Crippen molar-refractivity contribution in [2.24, 2.45) is 28.4 Å². The molecule has 0 aliphatic heterocycles. The van der Waals surface area contributed by atoms with E-state index in [0.717, 1.165) is 68.9 Å². The van der Waals surface area contributed by atoms with Crippen molar-refractivity contribution in [2.75, 3.05) is 5.32 Å². The van der Waals surface area contributed by atoms with Gasteiger partial charge in [-0.15, -0.1) is 0 Å². The maximum Gasteiger partial charge on any atom is 0.303 e. The van der Waals surface area contributed by atoms with E-state index in [1.165, 1.54) is 11.1 Å². The molecule has 0 heterocycles. The zero-order valence-electron chi connectivity index (χ0n) is 28.8. The van der Waals surface area contributed by atoms with E-state index in [1.54, 1.807) is 6.07 Å². The lowest BCUT2D eigenvalue weighted by Crippen LogP contribution is -2.60. The Balaban J connectivity index is 1.22. The predicted octanol–water partition coefficient (Wildman–Crippen LogP) is 5.89. The van der Waals surface area contributed by atoms with Crippen molar-refractivity contribution in [1.29, 1.82) is 0 Å². The van der Waals surface area contributed by atoms with Gasteiger partial charge >= 0.3 is 5.97 Å². The first-order valence-electron chi connectivity index (χ1n) is 17.7. The summed E-state index contributed by atoms with van der Waals surface area (Å²) in [4.78, 5) is 52.5. The number of carboxylic acid groups (broad SMARTS) is 1. The molecule has 0 spiro atoms. The Labute approximate surface area is 283 Å². The predicted molar refractivity (Wildman–Crippen MR) is 183 cm³/mol. The number of rotatable bonds is 7. The molecule has 258 valence electrons. The molecular formula is C39H51N3O6. The summed E-state index contributed by atoms with van der Waals surface area (Å²) in [5, 5.41) is 25.2. The lowest BCUT2D eigenvalue weighted by molar-refractivity contribution is -0.150. The summed E-state index contributed by atoms with van der Waals surface area (Å²) in [5.41, 5.74) is 9.20. The van der Waals surface area contributed by atoms with Crippen LogP contribution < -0.4 is 16.4 Å². The molecule has 9 heteroatoms. The summed E-state index contributed by atoms with van der Waals surface area (Å²) in [6, 6.07) is 10.6. The quantitative estimate of drug-likeness (QED) is 0.232. The Morgan fingerprint density at radius 2 is 1.33 bits per heavy atom. The second kappa shape index (κ2) is 12.3. The normalized spacial score (nSPS) is 32.8. The highest BCUT2D eigenvalue weighted by molar-refractivity contribution is 6.01. The number of phenols is 1. The van der Waals surface area contributed by atoms with Crippen LogP contribution in [-0.2, 0) is 42.8 Å². The maximum absolute atomic E-state index is 14.4. The number of anilines is 1. The van der Waals surface area contributed by atoms with Crippen LogP contribution in [0, 0.1) is 22.7 Å². The number of carbonyl (C=O) groups excluding carboxylic acids is 3. The van der Waals surface area contributed by atoms with Gasteiger partial charge in [-0.1, -0.05) is 52.7 Å². The standard InChI is InChI=1S/C39H51N3O6/c1-36-17-5-19-38(3,30(36)14-9-23-7-11-25(21-27(23)36)41-33(46)29(40)13-16-32(44)45)34(47)42-35(48)39(4)20-6-18-37(2)28-22-26(43)12-8-24(28)10-15-31(37)39/h7-8,11-12,21-22,29-31,43H,5-6,9-10,13-20,40H2,1-4H3,(H,41,46)(H,44,45)(H,42,47,48)/t29?,30-,31-,36-,37-,38+,39+/m1/s1. The fourth-order valence-corrected chi connectivity index (χ4v) is 10.6. The van der Waals surface area contributed by atoms with E-state index in [2.05, 4.69) is 24.5 Å². The van der Waals surface area contributed by atoms with Crippen LogP contribution in [0.5, 0.6) is 5.75 Å². The molecule has 4 aliphatic carbocycles. The number of nitrogens with two attached hydrogens (primary N) is 1. The number of nitrogens with one attached hydrogen (secondary N) is 2. The first-order valence-corrected chi connectivity index (χ1v) is 17.7. The molecule has 0 bridgehead atoms. The highest BCUT2D eigenvalue weighted by Gasteiger charge is 2.58. The van der Waals surface area contributed by atoms with Crippen LogP contribution in [0.2, 0.25) is 0 Å². The van der Waals surface area contributed by atoms with Crippen LogP contribution in [0.25, 0.3) is 0 Å².